The van der Waals surface area contributed by atoms with Gasteiger partial charge in [0.15, 0.2) is 10.6 Å². The van der Waals surface area contributed by atoms with Gasteiger partial charge in [-0.1, -0.05) is 23.2 Å². The van der Waals surface area contributed by atoms with Gasteiger partial charge in [-0.3, -0.25) is 4.79 Å². The number of nitrogens with zero attached hydrogens (tertiary/aromatic N) is 1. The Hall–Kier alpha value is -0.0300. The van der Waals surface area contributed by atoms with Crippen LogP contribution in [0.15, 0.2) is 0 Å². The van der Waals surface area contributed by atoms with Crippen molar-refractivity contribution in [2.24, 2.45) is 0 Å². The van der Waals surface area contributed by atoms with Crippen LogP contribution in [0.3, 0.4) is 0 Å². The molecule has 0 radical (unpaired) electrons. The number of hydrogen-bond acceptors (Lipinski definition) is 3. The Balaban J connectivity index is 1.89. The summed E-state index contributed by atoms with van der Waals surface area (Å²) in [6.07, 6.45) is 1.39. The van der Waals surface area contributed by atoms with Crippen LogP contribution >= 0.6 is 23.2 Å². The van der Waals surface area contributed by atoms with Gasteiger partial charge in [0.2, 0.25) is 0 Å². The molecule has 15 heavy (non-hydrogen) atoms. The van der Waals surface area contributed by atoms with Crippen LogP contribution in [0.4, 0.5) is 0 Å². The van der Waals surface area contributed by atoms with Crippen LogP contribution < -0.4 is 0 Å². The second-order valence-electron chi connectivity index (χ2n) is 3.73. The summed E-state index contributed by atoms with van der Waals surface area (Å²) in [4.78, 5) is 12.2. The van der Waals surface area contributed by atoms with Crippen molar-refractivity contribution in [2.45, 2.75) is 23.5 Å². The highest BCUT2D eigenvalue weighted by Gasteiger charge is 2.41. The molecule has 0 atom stereocenters. The average Bonchev–Trinajstić information content (AvgIpc) is 2.67. The molecule has 0 saturated carbocycles. The molecule has 0 N–H and O–H groups in total. The normalized spacial score (nSPS) is 25.1. The van der Waals surface area contributed by atoms with E-state index in [1.807, 2.05) is 0 Å². The number of rotatable bonds is 1. The number of amides is 1. The minimum atomic E-state index is -0.968. The summed E-state index contributed by atoms with van der Waals surface area (Å²) in [7, 11) is 0. The number of likely N-dealkylation sites (tertiary alicyclic amines) is 1. The van der Waals surface area contributed by atoms with Crippen LogP contribution in [-0.2, 0) is 14.3 Å². The smallest absolute Gasteiger partial charge is 0.255 e. The Morgan fingerprint density at radius 1 is 1.20 bits per heavy atom. The van der Waals surface area contributed by atoms with Crippen molar-refractivity contribution in [3.05, 3.63) is 0 Å². The Kier molecular flexibility index (Phi) is 3.40. The molecule has 0 aromatic heterocycles. The van der Waals surface area contributed by atoms with Gasteiger partial charge in [0.25, 0.3) is 5.91 Å². The fourth-order valence-corrected chi connectivity index (χ4v) is 2.27. The van der Waals surface area contributed by atoms with E-state index in [-0.39, 0.29) is 5.91 Å². The van der Waals surface area contributed by atoms with Crippen molar-refractivity contribution in [3.63, 3.8) is 0 Å². The molecule has 4 nitrogen and oxygen atoms in total. The maximum Gasteiger partial charge on any atom is 0.255 e. The van der Waals surface area contributed by atoms with Crippen molar-refractivity contribution in [1.29, 1.82) is 0 Å². The molecule has 86 valence electrons. The standard InChI is InChI=1S/C9H13Cl2NO3/c10-7(11)8(13)12-3-1-9(2-4-12)14-5-6-15-9/h7H,1-6H2. The largest absolute Gasteiger partial charge is 0.347 e. The predicted octanol–water partition coefficient (Wildman–Crippen LogP) is 1.16. The summed E-state index contributed by atoms with van der Waals surface area (Å²) in [6, 6.07) is 0. The molecule has 1 amide bonds. The summed E-state index contributed by atoms with van der Waals surface area (Å²) < 4.78 is 11.1. The average molecular weight is 254 g/mol. The van der Waals surface area contributed by atoms with Crippen LogP contribution in [0.25, 0.3) is 0 Å². The second-order valence-corrected chi connectivity index (χ2v) is 4.83. The number of piperidine rings is 1. The Morgan fingerprint density at radius 3 is 2.20 bits per heavy atom. The number of carbonyl (C=O) groups excluding carboxylic acids is 1. The SMILES string of the molecule is O=C(C(Cl)Cl)N1CCC2(CC1)OCCO2. The minimum Gasteiger partial charge on any atom is -0.347 e. The molecule has 1 spiro atoms. The molecule has 6 heteroatoms. The lowest BCUT2D eigenvalue weighted by atomic mass is 10.0. The van der Waals surface area contributed by atoms with Crippen molar-refractivity contribution in [3.8, 4) is 0 Å². The van der Waals surface area contributed by atoms with E-state index in [9.17, 15) is 4.79 Å². The summed E-state index contributed by atoms with van der Waals surface area (Å²) in [5.74, 6) is -0.684. The first-order valence-corrected chi connectivity index (χ1v) is 5.85. The zero-order valence-corrected chi connectivity index (χ0v) is 9.76. The molecule has 0 aromatic rings. The van der Waals surface area contributed by atoms with Gasteiger partial charge in [0, 0.05) is 25.9 Å². The van der Waals surface area contributed by atoms with E-state index >= 15 is 0 Å². The maximum absolute atomic E-state index is 11.5. The number of alkyl halides is 2. The highest BCUT2D eigenvalue weighted by atomic mass is 35.5. The highest BCUT2D eigenvalue weighted by Crippen LogP contribution is 2.31. The molecule has 2 aliphatic heterocycles. The topological polar surface area (TPSA) is 38.8 Å². The van der Waals surface area contributed by atoms with Crippen LogP contribution in [0.5, 0.6) is 0 Å². The number of carbonyl (C=O) groups is 1. The van der Waals surface area contributed by atoms with Gasteiger partial charge in [-0.2, -0.15) is 0 Å². The Bertz CT molecular complexity index is 244. The van der Waals surface area contributed by atoms with E-state index in [0.29, 0.717) is 39.1 Å². The maximum atomic E-state index is 11.5. The van der Waals surface area contributed by atoms with Gasteiger partial charge in [-0.25, -0.2) is 0 Å². The van der Waals surface area contributed by atoms with Crippen LogP contribution in [0.1, 0.15) is 12.8 Å². The third-order valence-electron chi connectivity index (χ3n) is 2.84. The zero-order chi connectivity index (χ0) is 10.9. The second kappa shape index (κ2) is 4.45. The lowest BCUT2D eigenvalue weighted by molar-refractivity contribution is -0.187. The van der Waals surface area contributed by atoms with E-state index in [4.69, 9.17) is 32.7 Å². The summed E-state index contributed by atoms with van der Waals surface area (Å²) >= 11 is 11.0. The van der Waals surface area contributed by atoms with Crippen molar-refractivity contribution < 1.29 is 14.3 Å². The Morgan fingerprint density at radius 2 is 1.73 bits per heavy atom. The highest BCUT2D eigenvalue weighted by molar-refractivity contribution is 6.53. The quantitative estimate of drug-likeness (QED) is 0.659. The van der Waals surface area contributed by atoms with E-state index in [2.05, 4.69) is 0 Å². The molecule has 0 bridgehead atoms. The van der Waals surface area contributed by atoms with Crippen LogP contribution in [-0.4, -0.2) is 47.7 Å². The predicted molar refractivity (Wildman–Crippen MR) is 55.9 cm³/mol. The summed E-state index contributed by atoms with van der Waals surface area (Å²) in [5.41, 5.74) is 0. The van der Waals surface area contributed by atoms with Crippen molar-refractivity contribution >= 4 is 29.1 Å². The molecule has 0 aliphatic carbocycles. The molecule has 2 aliphatic rings. The fourth-order valence-electron chi connectivity index (χ4n) is 1.99. The summed E-state index contributed by atoms with van der Waals surface area (Å²) in [5, 5.41) is 0. The number of ether oxygens (including phenoxy) is 2. The molecule has 2 rings (SSSR count). The van der Waals surface area contributed by atoms with Gasteiger partial charge >= 0.3 is 0 Å². The van der Waals surface area contributed by atoms with Crippen LogP contribution in [0, 0.1) is 0 Å². The molecule has 2 fully saturated rings. The minimum absolute atomic E-state index is 0.230. The molecule has 2 saturated heterocycles. The zero-order valence-electron chi connectivity index (χ0n) is 8.25. The van der Waals surface area contributed by atoms with E-state index in [0.717, 1.165) is 0 Å². The van der Waals surface area contributed by atoms with Gasteiger partial charge in [0.05, 0.1) is 13.2 Å². The lowest BCUT2D eigenvalue weighted by Crippen LogP contribution is -2.48. The van der Waals surface area contributed by atoms with Gasteiger partial charge in [-0.05, 0) is 0 Å². The first-order chi connectivity index (χ1) is 7.13. The molecule has 2 heterocycles. The van der Waals surface area contributed by atoms with Crippen LogP contribution in [0.2, 0.25) is 0 Å². The number of hydrogen-bond donors (Lipinski definition) is 0. The fraction of sp³-hybridized carbons (Fsp3) is 0.889. The summed E-state index contributed by atoms with van der Waals surface area (Å²) in [6.45, 7) is 2.46. The third-order valence-corrected chi connectivity index (χ3v) is 3.21. The van der Waals surface area contributed by atoms with Gasteiger partial charge in [0.1, 0.15) is 0 Å². The lowest BCUT2D eigenvalue weighted by Gasteiger charge is -2.37. The van der Waals surface area contributed by atoms with E-state index in [1.54, 1.807) is 4.90 Å². The van der Waals surface area contributed by atoms with Gasteiger partial charge < -0.3 is 14.4 Å². The molecular formula is C9H13Cl2NO3. The first-order valence-electron chi connectivity index (χ1n) is 4.98. The van der Waals surface area contributed by atoms with E-state index < -0.39 is 10.6 Å². The molecule has 0 aromatic carbocycles. The van der Waals surface area contributed by atoms with E-state index in [1.165, 1.54) is 0 Å². The van der Waals surface area contributed by atoms with Crippen molar-refractivity contribution in [1.82, 2.24) is 4.90 Å². The first kappa shape index (κ1) is 11.5. The molecule has 0 unspecified atom stereocenters. The number of halogens is 2. The van der Waals surface area contributed by atoms with Gasteiger partial charge in [-0.15, -0.1) is 0 Å². The Labute approximate surface area is 98.4 Å². The monoisotopic (exact) mass is 253 g/mol. The molecular weight excluding hydrogens is 241 g/mol. The third kappa shape index (κ3) is 2.38. The van der Waals surface area contributed by atoms with Crippen molar-refractivity contribution in [2.75, 3.05) is 26.3 Å².